The molecule has 5 heterocycles. The highest BCUT2D eigenvalue weighted by molar-refractivity contribution is 7.17. The summed E-state index contributed by atoms with van der Waals surface area (Å²) in [5.74, 6) is 2.47. The number of amides is 1. The monoisotopic (exact) mass is 593 g/mol. The minimum atomic E-state index is 0.0124. The standard InChI is InChI=1S/C25H29N5O3S.C8H18/c1-32-17-11-15-7-8-16(12-17)30(15)23-22-19(18-5-3-4-6-20(18)33-2)14-34-24(22)28-25(27-23)29-10-9-26-21(31)13-29;1-3-5-7-8-6-4-2/h3-6,14-17H,7-13H2,1-2H3,(H,26,31);3-8H2,1-2H3. The Balaban J connectivity index is 0.000000390. The number of benzene rings is 1. The highest BCUT2D eigenvalue weighted by Crippen LogP contribution is 2.47. The van der Waals surface area contributed by atoms with E-state index in [1.54, 1.807) is 18.4 Å². The number of unbranched alkanes of at least 4 members (excludes halogenated alkanes) is 5. The van der Waals surface area contributed by atoms with Gasteiger partial charge in [0.2, 0.25) is 11.9 Å². The average molecular weight is 594 g/mol. The summed E-state index contributed by atoms with van der Waals surface area (Å²) in [6.45, 7) is 6.11. The van der Waals surface area contributed by atoms with Crippen LogP contribution in [-0.4, -0.2) is 67.9 Å². The van der Waals surface area contributed by atoms with Gasteiger partial charge in [-0.05, 0) is 31.7 Å². The van der Waals surface area contributed by atoms with Crippen LogP contribution in [0.1, 0.15) is 78.1 Å². The van der Waals surface area contributed by atoms with Crippen molar-refractivity contribution in [2.75, 3.05) is 43.7 Å². The molecule has 1 N–H and O–H groups in total. The van der Waals surface area contributed by atoms with Crippen molar-refractivity contribution in [2.24, 2.45) is 0 Å². The number of para-hydroxylation sites is 1. The van der Waals surface area contributed by atoms with Crippen molar-refractivity contribution in [3.8, 4) is 16.9 Å². The van der Waals surface area contributed by atoms with Crippen LogP contribution in [0.3, 0.4) is 0 Å². The molecule has 1 amide bonds. The number of carbonyl (C=O) groups is 1. The van der Waals surface area contributed by atoms with E-state index in [4.69, 9.17) is 19.4 Å². The third-order valence-corrected chi connectivity index (χ3v) is 9.72. The third kappa shape index (κ3) is 6.67. The lowest BCUT2D eigenvalue weighted by atomic mass is 9.98. The van der Waals surface area contributed by atoms with Gasteiger partial charge in [0.25, 0.3) is 0 Å². The third-order valence-electron chi connectivity index (χ3n) is 8.85. The van der Waals surface area contributed by atoms with Gasteiger partial charge in [0, 0.05) is 48.8 Å². The molecule has 0 aliphatic carbocycles. The number of thiophene rings is 1. The van der Waals surface area contributed by atoms with E-state index in [9.17, 15) is 4.79 Å². The van der Waals surface area contributed by atoms with Crippen LogP contribution in [0.25, 0.3) is 21.3 Å². The molecular weight excluding hydrogens is 546 g/mol. The molecule has 0 radical (unpaired) electrons. The number of hydrogen-bond donors (Lipinski definition) is 1. The molecule has 42 heavy (non-hydrogen) atoms. The Hall–Kier alpha value is -2.91. The molecule has 9 heteroatoms. The van der Waals surface area contributed by atoms with E-state index in [0.29, 0.717) is 37.2 Å². The molecule has 2 atom stereocenters. The van der Waals surface area contributed by atoms with E-state index in [2.05, 4.69) is 35.5 Å². The van der Waals surface area contributed by atoms with Gasteiger partial charge in [0.05, 0.1) is 25.1 Å². The van der Waals surface area contributed by atoms with E-state index in [-0.39, 0.29) is 12.5 Å². The fourth-order valence-electron chi connectivity index (χ4n) is 6.63. The van der Waals surface area contributed by atoms with Gasteiger partial charge in [-0.2, -0.15) is 4.98 Å². The van der Waals surface area contributed by atoms with E-state index >= 15 is 0 Å². The quantitative estimate of drug-likeness (QED) is 0.259. The fourth-order valence-corrected chi connectivity index (χ4v) is 7.56. The van der Waals surface area contributed by atoms with Crippen LogP contribution in [0.15, 0.2) is 29.6 Å². The number of piperidine rings is 1. The molecule has 2 bridgehead atoms. The number of nitrogens with zero attached hydrogens (tertiary/aromatic N) is 4. The van der Waals surface area contributed by atoms with Crippen molar-refractivity contribution >= 4 is 39.2 Å². The summed E-state index contributed by atoms with van der Waals surface area (Å²) >= 11 is 1.63. The van der Waals surface area contributed by atoms with E-state index < -0.39 is 0 Å². The number of ether oxygens (including phenoxy) is 2. The molecule has 6 rings (SSSR count). The number of piperazine rings is 1. The number of anilines is 2. The van der Waals surface area contributed by atoms with Crippen molar-refractivity contribution in [3.05, 3.63) is 29.6 Å². The van der Waals surface area contributed by atoms with Crippen LogP contribution in [0, 0.1) is 0 Å². The summed E-state index contributed by atoms with van der Waals surface area (Å²) in [6, 6.07) is 8.90. The molecule has 228 valence electrons. The lowest BCUT2D eigenvalue weighted by molar-refractivity contribution is -0.120. The minimum absolute atomic E-state index is 0.0124. The first-order valence-electron chi connectivity index (χ1n) is 15.8. The van der Waals surface area contributed by atoms with Crippen LogP contribution < -0.4 is 19.9 Å². The van der Waals surface area contributed by atoms with E-state index in [1.165, 1.54) is 38.5 Å². The maximum Gasteiger partial charge on any atom is 0.239 e. The second-order valence-corrected chi connectivity index (χ2v) is 12.5. The van der Waals surface area contributed by atoms with E-state index in [1.807, 2.05) is 30.2 Å². The molecular formula is C33H47N5O3S. The Morgan fingerprint density at radius 2 is 1.69 bits per heavy atom. The molecule has 0 spiro atoms. The fraction of sp³-hybridized carbons (Fsp3) is 0.606. The van der Waals surface area contributed by atoms with Crippen molar-refractivity contribution in [2.45, 2.75) is 96.2 Å². The Labute approximate surface area is 254 Å². The number of nitrogens with one attached hydrogen (secondary N) is 1. The van der Waals surface area contributed by atoms with Crippen molar-refractivity contribution in [1.82, 2.24) is 15.3 Å². The molecule has 2 aromatic heterocycles. The minimum Gasteiger partial charge on any atom is -0.496 e. The van der Waals surface area contributed by atoms with Crippen LogP contribution in [0.2, 0.25) is 0 Å². The topological polar surface area (TPSA) is 79.8 Å². The first-order valence-corrected chi connectivity index (χ1v) is 16.7. The smallest absolute Gasteiger partial charge is 0.239 e. The molecule has 3 aliphatic rings. The SMILES string of the molecule is CCCCCCCC.COc1ccccc1-c1csc2nc(N3CCNC(=O)C3)nc(N3C4CCC3CC(OC)C4)c12. The Kier molecular flexibility index (Phi) is 10.6. The van der Waals surface area contributed by atoms with Crippen molar-refractivity contribution in [3.63, 3.8) is 0 Å². The average Bonchev–Trinajstić information content (AvgIpc) is 3.56. The summed E-state index contributed by atoms with van der Waals surface area (Å²) < 4.78 is 11.5. The van der Waals surface area contributed by atoms with Gasteiger partial charge in [0.1, 0.15) is 16.4 Å². The van der Waals surface area contributed by atoms with Gasteiger partial charge in [-0.1, -0.05) is 70.6 Å². The first kappa shape index (κ1) is 30.5. The predicted molar refractivity (Wildman–Crippen MR) is 173 cm³/mol. The van der Waals surface area contributed by atoms with Gasteiger partial charge in [-0.15, -0.1) is 11.3 Å². The Morgan fingerprint density at radius 1 is 0.976 bits per heavy atom. The lowest BCUT2D eigenvalue weighted by Gasteiger charge is -2.40. The number of hydrogen-bond acceptors (Lipinski definition) is 8. The van der Waals surface area contributed by atoms with E-state index in [0.717, 1.165) is 58.6 Å². The number of aromatic nitrogens is 2. The first-order chi connectivity index (χ1) is 20.6. The number of carbonyl (C=O) groups excluding carboxylic acids is 1. The molecule has 8 nitrogen and oxygen atoms in total. The molecule has 3 fully saturated rings. The Bertz CT molecular complexity index is 1310. The molecule has 3 saturated heterocycles. The van der Waals surface area contributed by atoms with Gasteiger partial charge in [0.15, 0.2) is 0 Å². The summed E-state index contributed by atoms with van der Waals surface area (Å²) in [5.41, 5.74) is 2.15. The predicted octanol–water partition coefficient (Wildman–Crippen LogP) is 6.82. The molecule has 0 saturated carbocycles. The second kappa shape index (κ2) is 14.5. The van der Waals surface area contributed by atoms with Crippen molar-refractivity contribution in [1.29, 1.82) is 0 Å². The molecule has 1 aromatic carbocycles. The van der Waals surface area contributed by atoms with Gasteiger partial charge in [-0.25, -0.2) is 4.98 Å². The van der Waals surface area contributed by atoms with Gasteiger partial charge in [-0.3, -0.25) is 4.79 Å². The normalized spacial score (nSPS) is 21.7. The molecule has 3 aromatic rings. The highest BCUT2D eigenvalue weighted by Gasteiger charge is 2.43. The highest BCUT2D eigenvalue weighted by atomic mass is 32.1. The van der Waals surface area contributed by atoms with Crippen LogP contribution >= 0.6 is 11.3 Å². The zero-order valence-corrected chi connectivity index (χ0v) is 26.5. The van der Waals surface area contributed by atoms with Crippen LogP contribution in [-0.2, 0) is 9.53 Å². The second-order valence-electron chi connectivity index (χ2n) is 11.7. The van der Waals surface area contributed by atoms with Crippen LogP contribution in [0.5, 0.6) is 5.75 Å². The number of rotatable bonds is 10. The van der Waals surface area contributed by atoms with Gasteiger partial charge < -0.3 is 24.6 Å². The van der Waals surface area contributed by atoms with Gasteiger partial charge >= 0.3 is 0 Å². The molecule has 3 aliphatic heterocycles. The number of methoxy groups -OCH3 is 2. The lowest BCUT2D eigenvalue weighted by Crippen LogP contribution is -2.49. The summed E-state index contributed by atoms with van der Waals surface area (Å²) in [7, 11) is 3.53. The zero-order chi connectivity index (χ0) is 29.5. The molecule has 2 unspecified atom stereocenters. The zero-order valence-electron chi connectivity index (χ0n) is 25.7. The maximum atomic E-state index is 12.1. The summed E-state index contributed by atoms with van der Waals surface area (Å²) in [5, 5.41) is 6.14. The largest absolute Gasteiger partial charge is 0.496 e. The van der Waals surface area contributed by atoms with Crippen LogP contribution in [0.4, 0.5) is 11.8 Å². The summed E-state index contributed by atoms with van der Waals surface area (Å²) in [6.07, 6.45) is 13.1. The van der Waals surface area contributed by atoms with Crippen molar-refractivity contribution < 1.29 is 14.3 Å². The Morgan fingerprint density at radius 3 is 2.33 bits per heavy atom. The maximum absolute atomic E-state index is 12.1. The summed E-state index contributed by atoms with van der Waals surface area (Å²) in [4.78, 5) is 27.7. The number of fused-ring (bicyclic) bond motifs is 3.